The summed E-state index contributed by atoms with van der Waals surface area (Å²) in [5, 5.41) is 0. The van der Waals surface area contributed by atoms with E-state index < -0.39 is 0 Å². The van der Waals surface area contributed by atoms with E-state index in [1.54, 1.807) is 0 Å². The Bertz CT molecular complexity index is 521. The van der Waals surface area contributed by atoms with E-state index in [0.717, 1.165) is 21.6 Å². The number of halogens is 1. The maximum absolute atomic E-state index is 4.62. The van der Waals surface area contributed by atoms with Crippen LogP contribution < -0.4 is 0 Å². The molecule has 1 aliphatic carbocycles. The van der Waals surface area contributed by atoms with Crippen molar-refractivity contribution in [3.63, 3.8) is 0 Å². The van der Waals surface area contributed by atoms with Gasteiger partial charge in [-0.2, -0.15) is 0 Å². The number of benzene rings is 1. The van der Waals surface area contributed by atoms with Gasteiger partial charge in [0.25, 0.3) is 0 Å². The zero-order valence-corrected chi connectivity index (χ0v) is 10.3. The Morgan fingerprint density at radius 1 is 1.12 bits per heavy atom. The highest BCUT2D eigenvalue weighted by Crippen LogP contribution is 2.38. The Balaban J connectivity index is 2.05. The first-order valence-electron chi connectivity index (χ1n) is 5.42. The Morgan fingerprint density at radius 3 is 2.69 bits per heavy atom. The molecule has 0 aliphatic heterocycles. The molecule has 0 radical (unpaired) electrons. The molecule has 0 N–H and O–H groups in total. The summed E-state index contributed by atoms with van der Waals surface area (Å²) >= 11 is 3.55. The van der Waals surface area contributed by atoms with E-state index in [-0.39, 0.29) is 0 Å². The van der Waals surface area contributed by atoms with Gasteiger partial charge >= 0.3 is 0 Å². The molecule has 0 saturated heterocycles. The fourth-order valence-corrected chi connectivity index (χ4v) is 2.22. The van der Waals surface area contributed by atoms with Crippen molar-refractivity contribution in [2.45, 2.75) is 18.8 Å². The van der Waals surface area contributed by atoms with E-state index >= 15 is 0 Å². The third kappa shape index (κ3) is 1.87. The molecule has 1 heterocycles. The van der Waals surface area contributed by atoms with Crippen LogP contribution in [0.2, 0.25) is 0 Å². The van der Waals surface area contributed by atoms with Gasteiger partial charge in [0.2, 0.25) is 0 Å². The van der Waals surface area contributed by atoms with Crippen LogP contribution in [0.5, 0.6) is 0 Å². The molecule has 2 nitrogen and oxygen atoms in total. The minimum absolute atomic E-state index is 0.599. The van der Waals surface area contributed by atoms with Crippen LogP contribution in [0.15, 0.2) is 41.0 Å². The number of rotatable bonds is 2. The quantitative estimate of drug-likeness (QED) is 0.833. The fourth-order valence-electron chi connectivity index (χ4n) is 1.73. The SMILES string of the molecule is Brc1ccccc1-c1ccnc(C2CC2)n1. The van der Waals surface area contributed by atoms with E-state index in [9.17, 15) is 0 Å². The number of nitrogens with zero attached hydrogens (tertiary/aromatic N) is 2. The van der Waals surface area contributed by atoms with Crippen molar-refractivity contribution in [2.75, 3.05) is 0 Å². The van der Waals surface area contributed by atoms with Gasteiger partial charge in [-0.25, -0.2) is 9.97 Å². The summed E-state index contributed by atoms with van der Waals surface area (Å²) < 4.78 is 1.08. The molecule has 0 bridgehead atoms. The van der Waals surface area contributed by atoms with Crippen molar-refractivity contribution >= 4 is 15.9 Å². The smallest absolute Gasteiger partial charge is 0.132 e. The lowest BCUT2D eigenvalue weighted by atomic mass is 10.1. The number of hydrogen-bond donors (Lipinski definition) is 0. The molecule has 16 heavy (non-hydrogen) atoms. The Morgan fingerprint density at radius 2 is 1.94 bits per heavy atom. The molecule has 1 aromatic heterocycles. The number of aromatic nitrogens is 2. The zero-order valence-electron chi connectivity index (χ0n) is 8.73. The predicted molar refractivity (Wildman–Crippen MR) is 67.1 cm³/mol. The maximum Gasteiger partial charge on any atom is 0.132 e. The van der Waals surface area contributed by atoms with Crippen molar-refractivity contribution < 1.29 is 0 Å². The van der Waals surface area contributed by atoms with Crippen molar-refractivity contribution in [1.82, 2.24) is 9.97 Å². The molecule has 1 aromatic carbocycles. The minimum atomic E-state index is 0.599. The van der Waals surface area contributed by atoms with Crippen molar-refractivity contribution in [3.05, 3.63) is 46.8 Å². The summed E-state index contributed by atoms with van der Waals surface area (Å²) in [6.07, 6.45) is 4.33. The van der Waals surface area contributed by atoms with Gasteiger partial charge in [0.05, 0.1) is 5.69 Å². The van der Waals surface area contributed by atoms with Gasteiger partial charge in [0.1, 0.15) is 5.82 Å². The molecule has 1 aliphatic rings. The lowest BCUT2D eigenvalue weighted by Crippen LogP contribution is -1.94. The highest BCUT2D eigenvalue weighted by Gasteiger charge is 2.26. The number of hydrogen-bond acceptors (Lipinski definition) is 2. The molecule has 0 amide bonds. The fraction of sp³-hybridized carbons (Fsp3) is 0.231. The molecular weight excluding hydrogens is 264 g/mol. The van der Waals surface area contributed by atoms with Crippen LogP contribution in [0.1, 0.15) is 24.6 Å². The average molecular weight is 275 g/mol. The second-order valence-corrected chi connectivity index (χ2v) is 4.91. The summed E-state index contributed by atoms with van der Waals surface area (Å²) in [6.45, 7) is 0. The lowest BCUT2D eigenvalue weighted by molar-refractivity contribution is 0.930. The van der Waals surface area contributed by atoms with Crippen molar-refractivity contribution in [3.8, 4) is 11.3 Å². The zero-order chi connectivity index (χ0) is 11.0. The van der Waals surface area contributed by atoms with E-state index in [2.05, 4.69) is 32.0 Å². The van der Waals surface area contributed by atoms with Crippen molar-refractivity contribution in [1.29, 1.82) is 0 Å². The molecule has 1 fully saturated rings. The first-order valence-corrected chi connectivity index (χ1v) is 6.22. The topological polar surface area (TPSA) is 25.8 Å². The van der Waals surface area contributed by atoms with Gasteiger partial charge in [-0.15, -0.1) is 0 Å². The van der Waals surface area contributed by atoms with Crippen LogP contribution in [0.3, 0.4) is 0 Å². The van der Waals surface area contributed by atoms with Gasteiger partial charge in [-0.05, 0) is 25.0 Å². The Kier molecular flexibility index (Phi) is 2.48. The maximum atomic E-state index is 4.62. The predicted octanol–water partition coefficient (Wildman–Crippen LogP) is 3.78. The second kappa shape index (κ2) is 3.98. The first-order chi connectivity index (χ1) is 7.84. The molecule has 0 spiro atoms. The second-order valence-electron chi connectivity index (χ2n) is 4.05. The molecule has 0 atom stereocenters. The molecule has 0 unspecified atom stereocenters. The molecule has 1 saturated carbocycles. The molecule has 3 rings (SSSR count). The highest BCUT2D eigenvalue weighted by molar-refractivity contribution is 9.10. The molecular formula is C13H11BrN2. The summed E-state index contributed by atoms with van der Waals surface area (Å²) in [5.41, 5.74) is 2.14. The van der Waals surface area contributed by atoms with Crippen LogP contribution in [0.4, 0.5) is 0 Å². The molecule has 3 heteroatoms. The molecule has 2 aromatic rings. The van der Waals surface area contributed by atoms with Crippen molar-refractivity contribution in [2.24, 2.45) is 0 Å². The van der Waals surface area contributed by atoms with Crippen LogP contribution in [0, 0.1) is 0 Å². The largest absolute Gasteiger partial charge is 0.241 e. The highest BCUT2D eigenvalue weighted by atomic mass is 79.9. The summed E-state index contributed by atoms with van der Waals surface area (Å²) in [4.78, 5) is 8.95. The Labute approximate surface area is 103 Å². The van der Waals surface area contributed by atoms with Crippen LogP contribution in [-0.4, -0.2) is 9.97 Å². The third-order valence-electron chi connectivity index (χ3n) is 2.77. The van der Waals surface area contributed by atoms with Gasteiger partial charge < -0.3 is 0 Å². The third-order valence-corrected chi connectivity index (χ3v) is 3.46. The summed E-state index contributed by atoms with van der Waals surface area (Å²) in [7, 11) is 0. The first kappa shape index (κ1) is 9.97. The Hall–Kier alpha value is -1.22. The van der Waals surface area contributed by atoms with Gasteiger partial charge in [0.15, 0.2) is 0 Å². The van der Waals surface area contributed by atoms with Crippen LogP contribution in [-0.2, 0) is 0 Å². The van der Waals surface area contributed by atoms with Gasteiger partial charge in [0, 0.05) is 22.2 Å². The lowest BCUT2D eigenvalue weighted by Gasteiger charge is -2.04. The molecule has 80 valence electrons. The summed E-state index contributed by atoms with van der Waals surface area (Å²) in [6, 6.07) is 10.1. The van der Waals surface area contributed by atoms with E-state index in [0.29, 0.717) is 5.92 Å². The summed E-state index contributed by atoms with van der Waals surface area (Å²) in [5.74, 6) is 1.59. The normalized spacial score (nSPS) is 15.1. The van der Waals surface area contributed by atoms with E-state index in [4.69, 9.17) is 0 Å². The van der Waals surface area contributed by atoms with Gasteiger partial charge in [-0.3, -0.25) is 0 Å². The van der Waals surface area contributed by atoms with Gasteiger partial charge in [-0.1, -0.05) is 34.1 Å². The van der Waals surface area contributed by atoms with Crippen LogP contribution >= 0.6 is 15.9 Å². The standard InChI is InChI=1S/C13H11BrN2/c14-11-4-2-1-3-10(11)12-7-8-15-13(16-12)9-5-6-9/h1-4,7-9H,5-6H2. The van der Waals surface area contributed by atoms with E-state index in [1.165, 1.54) is 12.8 Å². The average Bonchev–Trinajstić information content (AvgIpc) is 3.14. The van der Waals surface area contributed by atoms with E-state index in [1.807, 2.05) is 30.5 Å². The van der Waals surface area contributed by atoms with Crippen LogP contribution in [0.25, 0.3) is 11.3 Å². The minimum Gasteiger partial charge on any atom is -0.241 e. The monoisotopic (exact) mass is 274 g/mol.